The lowest BCUT2D eigenvalue weighted by molar-refractivity contribution is -0.136. The summed E-state index contributed by atoms with van der Waals surface area (Å²) >= 11 is 0. The first kappa shape index (κ1) is 20.4. The van der Waals surface area contributed by atoms with Crippen LogP contribution in [0.25, 0.3) is 0 Å². The molecule has 3 amide bonds. The number of nitrogens with zero attached hydrogens (tertiary/aromatic N) is 4. The van der Waals surface area contributed by atoms with Gasteiger partial charge in [0.1, 0.15) is 11.9 Å². The fraction of sp³-hybridized carbons (Fsp3) is 0.409. The summed E-state index contributed by atoms with van der Waals surface area (Å²) in [6.45, 7) is 1.14. The number of piperidine rings is 1. The normalized spacial score (nSPS) is 22.8. The Morgan fingerprint density at radius 2 is 2.03 bits per heavy atom. The van der Waals surface area contributed by atoms with E-state index in [4.69, 9.17) is 0 Å². The summed E-state index contributed by atoms with van der Waals surface area (Å²) in [5.41, 5.74) is 2.06. The van der Waals surface area contributed by atoms with Crippen molar-refractivity contribution in [1.29, 1.82) is 0 Å². The highest BCUT2D eigenvalue weighted by atomic mass is 16.3. The predicted molar refractivity (Wildman–Crippen MR) is 115 cm³/mol. The summed E-state index contributed by atoms with van der Waals surface area (Å²) in [5.74, 6) is 0.184. The number of aromatic nitrogens is 2. The predicted octanol–water partition coefficient (Wildman–Crippen LogP) is 0.942. The molecule has 0 bridgehead atoms. The van der Waals surface area contributed by atoms with Gasteiger partial charge in [0.15, 0.2) is 0 Å². The Kier molecular flexibility index (Phi) is 5.22. The van der Waals surface area contributed by atoms with Crippen molar-refractivity contribution in [3.8, 4) is 0 Å². The number of rotatable bonds is 5. The zero-order valence-electron chi connectivity index (χ0n) is 17.5. The lowest BCUT2D eigenvalue weighted by atomic mass is 10.0. The second-order valence-electron chi connectivity index (χ2n) is 8.27. The minimum Gasteiger partial charge on any atom is -0.394 e. The van der Waals surface area contributed by atoms with Crippen LogP contribution in [0.4, 0.5) is 17.5 Å². The van der Waals surface area contributed by atoms with Gasteiger partial charge in [0.05, 0.1) is 12.6 Å². The van der Waals surface area contributed by atoms with E-state index in [1.54, 1.807) is 24.4 Å². The van der Waals surface area contributed by atoms with E-state index in [0.29, 0.717) is 23.8 Å². The summed E-state index contributed by atoms with van der Waals surface area (Å²) in [6, 6.07) is 6.52. The Morgan fingerprint density at radius 1 is 1.16 bits per heavy atom. The van der Waals surface area contributed by atoms with Crippen LogP contribution in [0.1, 0.15) is 41.6 Å². The van der Waals surface area contributed by atoms with Gasteiger partial charge < -0.3 is 20.2 Å². The fourth-order valence-corrected chi connectivity index (χ4v) is 4.69. The van der Waals surface area contributed by atoms with Crippen LogP contribution in [0.5, 0.6) is 0 Å². The zero-order valence-corrected chi connectivity index (χ0v) is 17.5. The molecule has 0 aliphatic carbocycles. The fourth-order valence-electron chi connectivity index (χ4n) is 4.69. The van der Waals surface area contributed by atoms with Crippen LogP contribution in [-0.4, -0.2) is 62.9 Å². The van der Waals surface area contributed by atoms with Gasteiger partial charge in [-0.15, -0.1) is 0 Å². The molecule has 1 aromatic heterocycles. The maximum Gasteiger partial charge on any atom is 0.255 e. The Morgan fingerprint density at radius 3 is 2.84 bits per heavy atom. The summed E-state index contributed by atoms with van der Waals surface area (Å²) in [4.78, 5) is 49.3. The molecule has 5 rings (SSSR count). The molecule has 2 fully saturated rings. The molecule has 0 saturated carbocycles. The molecule has 3 aliphatic rings. The summed E-state index contributed by atoms with van der Waals surface area (Å²) in [6.07, 6.45) is 4.10. The van der Waals surface area contributed by atoms with Gasteiger partial charge >= 0.3 is 0 Å². The van der Waals surface area contributed by atoms with Crippen molar-refractivity contribution in [2.24, 2.45) is 0 Å². The molecule has 2 saturated heterocycles. The molecular weight excluding hydrogens is 412 g/mol. The maximum atomic E-state index is 13.0. The summed E-state index contributed by atoms with van der Waals surface area (Å²) < 4.78 is 0. The number of aliphatic hydroxyl groups is 1. The van der Waals surface area contributed by atoms with E-state index in [-0.39, 0.29) is 37.4 Å². The van der Waals surface area contributed by atoms with Gasteiger partial charge in [-0.1, -0.05) is 6.07 Å². The number of hydrogen-bond donors (Lipinski definition) is 3. The molecule has 10 nitrogen and oxygen atoms in total. The number of imide groups is 1. The second kappa shape index (κ2) is 8.19. The highest BCUT2D eigenvalue weighted by Crippen LogP contribution is 2.33. The zero-order chi connectivity index (χ0) is 22.2. The average Bonchev–Trinajstić information content (AvgIpc) is 3.40. The molecule has 1 unspecified atom stereocenters. The molecule has 4 heterocycles. The van der Waals surface area contributed by atoms with Gasteiger partial charge in [-0.3, -0.25) is 19.7 Å². The van der Waals surface area contributed by atoms with Crippen LogP contribution >= 0.6 is 0 Å². The summed E-state index contributed by atoms with van der Waals surface area (Å²) in [7, 11) is 0. The third kappa shape index (κ3) is 3.56. The molecular formula is C22H24N6O4. The molecule has 0 spiro atoms. The van der Waals surface area contributed by atoms with Gasteiger partial charge in [-0.05, 0) is 37.5 Å². The van der Waals surface area contributed by atoms with Crippen molar-refractivity contribution < 1.29 is 19.5 Å². The first-order valence-corrected chi connectivity index (χ1v) is 10.8. The number of benzene rings is 1. The van der Waals surface area contributed by atoms with Crippen molar-refractivity contribution in [3.05, 3.63) is 41.6 Å². The summed E-state index contributed by atoms with van der Waals surface area (Å²) in [5, 5.41) is 15.2. The Labute approximate surface area is 184 Å². The molecule has 3 N–H and O–H groups in total. The molecule has 3 aliphatic heterocycles. The SMILES string of the molecule is O=C1CCC(N2Cc3c(Nc4ccnc(N5CCC[C@H]5CO)n4)cccc3C2=O)C(=O)N1. The largest absolute Gasteiger partial charge is 0.394 e. The minimum atomic E-state index is -0.656. The minimum absolute atomic E-state index is 0.0194. The van der Waals surface area contributed by atoms with E-state index in [2.05, 4.69) is 20.6 Å². The van der Waals surface area contributed by atoms with Gasteiger partial charge in [-0.2, -0.15) is 4.98 Å². The van der Waals surface area contributed by atoms with E-state index in [9.17, 15) is 19.5 Å². The first-order chi connectivity index (χ1) is 15.5. The number of carbonyl (C=O) groups excluding carboxylic acids is 3. The van der Waals surface area contributed by atoms with E-state index >= 15 is 0 Å². The third-order valence-electron chi connectivity index (χ3n) is 6.33. The van der Waals surface area contributed by atoms with Crippen LogP contribution in [0.2, 0.25) is 0 Å². The van der Waals surface area contributed by atoms with Crippen LogP contribution in [0.15, 0.2) is 30.5 Å². The van der Waals surface area contributed by atoms with E-state index in [1.807, 2.05) is 11.0 Å². The Hall–Kier alpha value is -3.53. The van der Waals surface area contributed by atoms with Gasteiger partial charge in [0, 0.05) is 42.5 Å². The molecule has 0 radical (unpaired) electrons. The van der Waals surface area contributed by atoms with E-state index in [1.165, 1.54) is 4.90 Å². The molecule has 10 heteroatoms. The van der Waals surface area contributed by atoms with Crippen molar-refractivity contribution in [1.82, 2.24) is 20.2 Å². The molecule has 2 atom stereocenters. The number of carbonyl (C=O) groups is 3. The van der Waals surface area contributed by atoms with Crippen molar-refractivity contribution in [3.63, 3.8) is 0 Å². The number of aliphatic hydroxyl groups excluding tert-OH is 1. The average molecular weight is 436 g/mol. The second-order valence-corrected chi connectivity index (χ2v) is 8.27. The molecule has 2 aromatic rings. The van der Waals surface area contributed by atoms with Crippen molar-refractivity contribution in [2.45, 2.75) is 44.3 Å². The first-order valence-electron chi connectivity index (χ1n) is 10.8. The van der Waals surface area contributed by atoms with Gasteiger partial charge in [-0.25, -0.2) is 4.98 Å². The monoisotopic (exact) mass is 436 g/mol. The molecule has 166 valence electrons. The quantitative estimate of drug-likeness (QED) is 0.591. The van der Waals surface area contributed by atoms with E-state index in [0.717, 1.165) is 30.6 Å². The number of anilines is 3. The smallest absolute Gasteiger partial charge is 0.255 e. The van der Waals surface area contributed by atoms with E-state index < -0.39 is 11.9 Å². The lowest BCUT2D eigenvalue weighted by Crippen LogP contribution is -2.52. The van der Waals surface area contributed by atoms with Crippen molar-refractivity contribution in [2.75, 3.05) is 23.4 Å². The number of fused-ring (bicyclic) bond motifs is 1. The molecule has 1 aromatic carbocycles. The lowest BCUT2D eigenvalue weighted by Gasteiger charge is -2.29. The number of nitrogens with one attached hydrogen (secondary N) is 2. The standard InChI is InChI=1S/C22H24N6O4/c29-12-13-3-2-10-27(13)22-23-9-8-18(25-22)24-16-5-1-4-14-15(16)11-28(21(14)32)17-6-7-19(30)26-20(17)31/h1,4-5,8-9,13,17,29H,2-3,6-7,10-12H2,(H,23,24,25)(H,26,30,31)/t13-,17?/m0/s1. The van der Waals surface area contributed by atoms with Crippen molar-refractivity contribution >= 4 is 35.2 Å². The Bertz CT molecular complexity index is 1090. The number of amides is 3. The topological polar surface area (TPSA) is 128 Å². The molecule has 32 heavy (non-hydrogen) atoms. The Balaban J connectivity index is 1.38. The highest BCUT2D eigenvalue weighted by molar-refractivity contribution is 6.06. The third-order valence-corrected chi connectivity index (χ3v) is 6.33. The highest BCUT2D eigenvalue weighted by Gasteiger charge is 2.39. The number of hydrogen-bond acceptors (Lipinski definition) is 8. The van der Waals surface area contributed by atoms with Crippen LogP contribution in [-0.2, 0) is 16.1 Å². The van der Waals surface area contributed by atoms with Crippen LogP contribution in [0, 0.1) is 0 Å². The maximum absolute atomic E-state index is 13.0. The van der Waals surface area contributed by atoms with Gasteiger partial charge in [0.2, 0.25) is 17.8 Å². The van der Waals surface area contributed by atoms with Crippen LogP contribution < -0.4 is 15.5 Å². The van der Waals surface area contributed by atoms with Crippen LogP contribution in [0.3, 0.4) is 0 Å². The van der Waals surface area contributed by atoms with Gasteiger partial charge in [0.25, 0.3) is 5.91 Å².